The highest BCUT2D eigenvalue weighted by Crippen LogP contribution is 2.50. The summed E-state index contributed by atoms with van der Waals surface area (Å²) in [6.45, 7) is 4.52. The Labute approximate surface area is 269 Å². The molecule has 2 N–H and O–H groups in total. The third kappa shape index (κ3) is 5.80. The van der Waals surface area contributed by atoms with Crippen LogP contribution in [0.2, 0.25) is 10.0 Å². The van der Waals surface area contributed by atoms with E-state index in [0.29, 0.717) is 66.0 Å². The van der Waals surface area contributed by atoms with Gasteiger partial charge in [-0.05, 0) is 67.7 Å². The molecule has 0 saturated carbocycles. The molecule has 3 aromatic carbocycles. The molecule has 0 spiro atoms. The van der Waals surface area contributed by atoms with Crippen LogP contribution in [0.5, 0.6) is 11.5 Å². The minimum absolute atomic E-state index is 0. The van der Waals surface area contributed by atoms with E-state index in [1.807, 2.05) is 53.4 Å². The Balaban J connectivity index is 0.00000423. The fourth-order valence-corrected chi connectivity index (χ4v) is 7.39. The van der Waals surface area contributed by atoms with Crippen LogP contribution in [0.15, 0.2) is 66.7 Å². The molecule has 3 unspecified atom stereocenters. The first-order valence-electron chi connectivity index (χ1n) is 14.3. The predicted molar refractivity (Wildman–Crippen MR) is 173 cm³/mol. The van der Waals surface area contributed by atoms with Gasteiger partial charge in [0, 0.05) is 24.5 Å². The lowest BCUT2D eigenvalue weighted by Gasteiger charge is -2.52. The number of hydrogen-bond acceptors (Lipinski definition) is 5. The topological polar surface area (TPSA) is 85.1 Å². The molecule has 3 aromatic rings. The highest BCUT2D eigenvalue weighted by Gasteiger charge is 2.55. The van der Waals surface area contributed by atoms with Crippen molar-refractivity contribution in [3.63, 3.8) is 0 Å². The third-order valence-corrected chi connectivity index (χ3v) is 10.1. The van der Waals surface area contributed by atoms with E-state index in [1.165, 1.54) is 0 Å². The molecule has 2 aliphatic heterocycles. The number of carbonyl (C=O) groups excluding carboxylic acids is 2. The van der Waals surface area contributed by atoms with E-state index in [9.17, 15) is 9.59 Å². The van der Waals surface area contributed by atoms with Gasteiger partial charge in [0.2, 0.25) is 5.91 Å². The number of carbonyl (C=O) groups is 2. The molecule has 2 saturated heterocycles. The number of hydrogen-bond donors (Lipinski definition) is 1. The van der Waals surface area contributed by atoms with Crippen LogP contribution in [0.25, 0.3) is 0 Å². The number of piperidine rings is 1. The van der Waals surface area contributed by atoms with Crippen LogP contribution in [0.1, 0.15) is 47.7 Å². The number of amides is 2. The number of rotatable bonds is 8. The van der Waals surface area contributed by atoms with Crippen molar-refractivity contribution in [3.8, 4) is 11.5 Å². The van der Waals surface area contributed by atoms with Crippen molar-refractivity contribution in [1.82, 2.24) is 9.80 Å². The van der Waals surface area contributed by atoms with E-state index in [0.717, 1.165) is 17.7 Å². The van der Waals surface area contributed by atoms with Crippen LogP contribution in [-0.4, -0.2) is 68.1 Å². The molecule has 43 heavy (non-hydrogen) atoms. The summed E-state index contributed by atoms with van der Waals surface area (Å²) in [7, 11) is 3.09. The van der Waals surface area contributed by atoms with E-state index in [-0.39, 0.29) is 30.3 Å². The summed E-state index contributed by atoms with van der Waals surface area (Å²) in [5.41, 5.74) is 7.14. The lowest BCUT2D eigenvalue weighted by atomic mass is 9.61. The summed E-state index contributed by atoms with van der Waals surface area (Å²) >= 11 is 13.0. The highest BCUT2D eigenvalue weighted by atomic mass is 35.5. The number of primary amides is 1. The molecular formula is C33H38Cl3N3O4. The molecule has 7 nitrogen and oxygen atoms in total. The Bertz CT molecular complexity index is 1450. The zero-order valence-corrected chi connectivity index (χ0v) is 27.0. The van der Waals surface area contributed by atoms with Gasteiger partial charge in [-0.1, -0.05) is 72.6 Å². The second kappa shape index (κ2) is 13.3. The van der Waals surface area contributed by atoms with Gasteiger partial charge >= 0.3 is 0 Å². The Morgan fingerprint density at radius 2 is 1.58 bits per heavy atom. The van der Waals surface area contributed by atoms with Gasteiger partial charge in [0.25, 0.3) is 5.91 Å². The maximum atomic E-state index is 14.2. The Hall–Kier alpha value is -2.97. The summed E-state index contributed by atoms with van der Waals surface area (Å²) in [6, 6.07) is 20.8. The van der Waals surface area contributed by atoms with Crippen LogP contribution in [-0.2, 0) is 15.6 Å². The maximum absolute atomic E-state index is 14.2. The molecular weight excluding hydrogens is 609 g/mol. The average molecular weight is 647 g/mol. The van der Waals surface area contributed by atoms with Gasteiger partial charge in [-0.15, -0.1) is 12.4 Å². The van der Waals surface area contributed by atoms with Gasteiger partial charge in [0.15, 0.2) is 0 Å². The normalized spacial score (nSPS) is 23.8. The highest BCUT2D eigenvalue weighted by molar-refractivity contribution is 6.42. The van der Waals surface area contributed by atoms with Crippen molar-refractivity contribution < 1.29 is 19.1 Å². The molecule has 0 aliphatic carbocycles. The molecule has 2 fully saturated rings. The molecule has 0 radical (unpaired) electrons. The second-order valence-corrected chi connectivity index (χ2v) is 12.0. The molecule has 0 aromatic heterocycles. The number of likely N-dealkylation sites (N-methyl/N-ethyl adjacent to an activating group) is 1. The van der Waals surface area contributed by atoms with Crippen LogP contribution >= 0.6 is 35.6 Å². The van der Waals surface area contributed by atoms with Crippen molar-refractivity contribution in [2.75, 3.05) is 40.4 Å². The van der Waals surface area contributed by atoms with Crippen molar-refractivity contribution in [3.05, 3.63) is 93.5 Å². The lowest BCUT2D eigenvalue weighted by Crippen LogP contribution is -2.61. The number of ether oxygens (including phenoxy) is 2. The van der Waals surface area contributed by atoms with Crippen LogP contribution in [0.4, 0.5) is 0 Å². The number of benzene rings is 3. The summed E-state index contributed by atoms with van der Waals surface area (Å²) in [4.78, 5) is 31.8. The smallest absolute Gasteiger partial charge is 0.261 e. The molecule has 230 valence electrons. The first-order chi connectivity index (χ1) is 20.2. The minimum Gasteiger partial charge on any atom is -0.496 e. The van der Waals surface area contributed by atoms with Crippen LogP contribution in [0, 0.1) is 0 Å². The molecule has 5 rings (SSSR count). The average Bonchev–Trinajstić information content (AvgIpc) is 3.48. The largest absolute Gasteiger partial charge is 0.496 e. The molecule has 2 heterocycles. The molecule has 2 amide bonds. The first kappa shape index (κ1) is 32.9. The summed E-state index contributed by atoms with van der Waals surface area (Å²) in [5.74, 6) is 0.407. The quantitative estimate of drug-likeness (QED) is 0.319. The number of methoxy groups -OCH3 is 2. The third-order valence-electron chi connectivity index (χ3n) is 9.37. The van der Waals surface area contributed by atoms with Gasteiger partial charge in [0.05, 0.1) is 29.7 Å². The zero-order valence-electron chi connectivity index (χ0n) is 24.6. The van der Waals surface area contributed by atoms with E-state index < -0.39 is 10.8 Å². The van der Waals surface area contributed by atoms with Gasteiger partial charge in [-0.25, -0.2) is 0 Å². The fraction of sp³-hybridized carbons (Fsp3) is 0.394. The standard InChI is InChI=1S/C33H37Cl2N3O4.ClH/c1-4-37-17-15-32(31(36)40,22-9-6-5-7-10-22)20-28(37)33(23-13-14-24(34)25(35)19-23)16-18-38(21-33)30(39)29-26(41-2)11-8-12-27(29)42-3;/h5-14,19,28H,4,15-18,20-21H2,1-3H3,(H2,36,40);1H. The molecule has 10 heteroatoms. The van der Waals surface area contributed by atoms with Gasteiger partial charge in [0.1, 0.15) is 17.1 Å². The summed E-state index contributed by atoms with van der Waals surface area (Å²) < 4.78 is 11.1. The van der Waals surface area contributed by atoms with Crippen molar-refractivity contribution in [2.45, 2.75) is 43.1 Å². The van der Waals surface area contributed by atoms with Crippen LogP contribution < -0.4 is 15.2 Å². The minimum atomic E-state index is -0.843. The first-order valence-corrected chi connectivity index (χ1v) is 15.0. The van der Waals surface area contributed by atoms with E-state index in [2.05, 4.69) is 11.8 Å². The lowest BCUT2D eigenvalue weighted by molar-refractivity contribution is -0.127. The summed E-state index contributed by atoms with van der Waals surface area (Å²) in [6.07, 6.45) is 1.80. The van der Waals surface area contributed by atoms with Crippen LogP contribution in [0.3, 0.4) is 0 Å². The number of likely N-dealkylation sites (tertiary alicyclic amines) is 2. The fourth-order valence-electron chi connectivity index (χ4n) is 7.09. The van der Waals surface area contributed by atoms with E-state index in [4.69, 9.17) is 38.4 Å². The van der Waals surface area contributed by atoms with Gasteiger partial charge in [-0.2, -0.15) is 0 Å². The number of nitrogens with two attached hydrogens (primary N) is 1. The maximum Gasteiger partial charge on any atom is 0.261 e. The molecule has 2 aliphatic rings. The number of nitrogens with zero attached hydrogens (tertiary/aromatic N) is 2. The van der Waals surface area contributed by atoms with Gasteiger partial charge in [-0.3, -0.25) is 14.5 Å². The molecule has 0 bridgehead atoms. The molecule has 3 atom stereocenters. The van der Waals surface area contributed by atoms with Crippen molar-refractivity contribution in [1.29, 1.82) is 0 Å². The van der Waals surface area contributed by atoms with Gasteiger partial charge < -0.3 is 20.1 Å². The monoisotopic (exact) mass is 645 g/mol. The predicted octanol–water partition coefficient (Wildman–Crippen LogP) is 6.12. The number of halogens is 3. The van der Waals surface area contributed by atoms with E-state index >= 15 is 0 Å². The summed E-state index contributed by atoms with van der Waals surface area (Å²) in [5, 5.41) is 0.916. The SMILES string of the molecule is CCN1CCC(C(N)=O)(c2ccccc2)CC1C1(c2ccc(Cl)c(Cl)c2)CCN(C(=O)c2c(OC)cccc2OC)C1.Cl. The second-order valence-electron chi connectivity index (χ2n) is 11.2. The van der Waals surface area contributed by atoms with Crippen molar-refractivity contribution >= 4 is 47.4 Å². The van der Waals surface area contributed by atoms with E-state index in [1.54, 1.807) is 32.4 Å². The van der Waals surface area contributed by atoms with Crippen molar-refractivity contribution in [2.24, 2.45) is 5.73 Å². The Kier molecular flexibility index (Phi) is 10.2. The Morgan fingerprint density at radius 3 is 2.16 bits per heavy atom. The zero-order chi connectivity index (χ0) is 30.1. The Morgan fingerprint density at radius 1 is 0.907 bits per heavy atom.